The van der Waals surface area contributed by atoms with Gasteiger partial charge in [0.05, 0.1) is 19.3 Å². The van der Waals surface area contributed by atoms with Crippen molar-refractivity contribution in [2.45, 2.75) is 74.8 Å². The summed E-state index contributed by atoms with van der Waals surface area (Å²) < 4.78 is 21.8. The van der Waals surface area contributed by atoms with Gasteiger partial charge in [0.25, 0.3) is 0 Å². The molecule has 26 heavy (non-hydrogen) atoms. The summed E-state index contributed by atoms with van der Waals surface area (Å²) in [5, 5.41) is 59.3. The Morgan fingerprint density at radius 2 is 1.58 bits per heavy atom. The molecule has 0 aromatic rings. The molecule has 0 amide bonds. The van der Waals surface area contributed by atoms with Gasteiger partial charge in [-0.25, -0.2) is 0 Å². The van der Waals surface area contributed by atoms with E-state index in [1.807, 2.05) is 0 Å². The Bertz CT molecular complexity index is 427. The fourth-order valence-electron chi connectivity index (χ4n) is 2.90. The van der Waals surface area contributed by atoms with Crippen molar-refractivity contribution in [3.63, 3.8) is 0 Å². The first-order valence-corrected chi connectivity index (χ1v) is 8.61. The first kappa shape index (κ1) is 21.9. The lowest BCUT2D eigenvalue weighted by Gasteiger charge is -2.45. The maximum atomic E-state index is 10.3. The van der Waals surface area contributed by atoms with E-state index in [1.165, 1.54) is 0 Å². The summed E-state index contributed by atoms with van der Waals surface area (Å²) in [5.41, 5.74) is 5.41. The molecule has 11 nitrogen and oxygen atoms in total. The van der Waals surface area contributed by atoms with E-state index in [2.05, 4.69) is 0 Å². The van der Waals surface area contributed by atoms with Gasteiger partial charge in [-0.3, -0.25) is 0 Å². The van der Waals surface area contributed by atoms with Gasteiger partial charge in [0.15, 0.2) is 12.6 Å². The van der Waals surface area contributed by atoms with Crippen molar-refractivity contribution in [2.75, 3.05) is 19.8 Å². The number of rotatable bonds is 7. The molecule has 2 rings (SSSR count). The summed E-state index contributed by atoms with van der Waals surface area (Å²) in [6.07, 6.45) is -12.7. The molecule has 0 saturated carbocycles. The molecule has 2 aliphatic rings. The van der Waals surface area contributed by atoms with Crippen LogP contribution in [0.15, 0.2) is 0 Å². The minimum atomic E-state index is -1.65. The maximum absolute atomic E-state index is 10.3. The van der Waals surface area contributed by atoms with Crippen LogP contribution in [0.1, 0.15) is 13.3 Å². The monoisotopic (exact) mass is 383 g/mol. The fourth-order valence-corrected chi connectivity index (χ4v) is 2.90. The smallest absolute Gasteiger partial charge is 0.187 e. The SMILES string of the molecule is CC1O[C@@H](OCCCN)C(O[C@H]2OC(CO)[C@H](O)[C@H](O)C2O)[C@@H](O)[C@H]1O. The topological polar surface area (TPSA) is 184 Å². The molecule has 2 fully saturated rings. The normalized spacial score (nSPS) is 47.1. The van der Waals surface area contributed by atoms with Crippen molar-refractivity contribution in [2.24, 2.45) is 5.73 Å². The Hall–Kier alpha value is -0.440. The summed E-state index contributed by atoms with van der Waals surface area (Å²) >= 11 is 0. The van der Waals surface area contributed by atoms with Crippen molar-refractivity contribution in [1.82, 2.24) is 0 Å². The van der Waals surface area contributed by atoms with Crippen molar-refractivity contribution in [3.8, 4) is 0 Å². The van der Waals surface area contributed by atoms with Gasteiger partial charge < -0.3 is 55.3 Å². The number of aliphatic hydroxyl groups is 6. The third kappa shape index (κ3) is 4.69. The Morgan fingerprint density at radius 3 is 2.19 bits per heavy atom. The Labute approximate surface area is 150 Å². The van der Waals surface area contributed by atoms with Gasteiger partial charge in [-0.2, -0.15) is 0 Å². The van der Waals surface area contributed by atoms with Gasteiger partial charge in [-0.15, -0.1) is 0 Å². The number of nitrogens with two attached hydrogens (primary N) is 1. The largest absolute Gasteiger partial charge is 0.394 e. The highest BCUT2D eigenvalue weighted by atomic mass is 16.8. The molecule has 154 valence electrons. The average Bonchev–Trinajstić information content (AvgIpc) is 2.63. The minimum Gasteiger partial charge on any atom is -0.394 e. The second kappa shape index (κ2) is 9.66. The zero-order valence-corrected chi connectivity index (χ0v) is 14.5. The first-order chi connectivity index (χ1) is 12.3. The van der Waals surface area contributed by atoms with Crippen LogP contribution in [0.2, 0.25) is 0 Å². The molecule has 2 aliphatic heterocycles. The fraction of sp³-hybridized carbons (Fsp3) is 1.00. The summed E-state index contributed by atoms with van der Waals surface area (Å²) in [6.45, 7) is 1.53. The van der Waals surface area contributed by atoms with E-state index in [9.17, 15) is 30.6 Å². The Kier molecular flexibility index (Phi) is 8.12. The second-order valence-corrected chi connectivity index (χ2v) is 6.50. The second-order valence-electron chi connectivity index (χ2n) is 6.50. The van der Waals surface area contributed by atoms with Crippen LogP contribution in [-0.2, 0) is 18.9 Å². The van der Waals surface area contributed by atoms with Crippen LogP contribution in [0.25, 0.3) is 0 Å². The van der Waals surface area contributed by atoms with E-state index < -0.39 is 68.0 Å². The molecule has 10 atom stereocenters. The van der Waals surface area contributed by atoms with Crippen molar-refractivity contribution in [3.05, 3.63) is 0 Å². The lowest BCUT2D eigenvalue weighted by Crippen LogP contribution is -2.64. The molecule has 11 heteroatoms. The van der Waals surface area contributed by atoms with Gasteiger partial charge in [0, 0.05) is 0 Å². The highest BCUT2D eigenvalue weighted by Gasteiger charge is 2.50. The average molecular weight is 383 g/mol. The highest BCUT2D eigenvalue weighted by Crippen LogP contribution is 2.29. The number of hydrogen-bond donors (Lipinski definition) is 7. The van der Waals surface area contributed by atoms with Crippen LogP contribution in [0.3, 0.4) is 0 Å². The lowest BCUT2D eigenvalue weighted by molar-refractivity contribution is -0.364. The summed E-state index contributed by atoms with van der Waals surface area (Å²) in [5.74, 6) is 0. The summed E-state index contributed by atoms with van der Waals surface area (Å²) in [6, 6.07) is 0. The third-order valence-electron chi connectivity index (χ3n) is 4.55. The zero-order chi connectivity index (χ0) is 19.4. The predicted octanol–water partition coefficient (Wildman–Crippen LogP) is -4.00. The quantitative estimate of drug-likeness (QED) is 0.213. The third-order valence-corrected chi connectivity index (χ3v) is 4.55. The summed E-state index contributed by atoms with van der Waals surface area (Å²) in [4.78, 5) is 0. The molecule has 0 radical (unpaired) electrons. The van der Waals surface area contributed by atoms with Crippen LogP contribution < -0.4 is 5.73 Å². The lowest BCUT2D eigenvalue weighted by atomic mass is 9.97. The van der Waals surface area contributed by atoms with E-state index in [1.54, 1.807) is 6.92 Å². The predicted molar refractivity (Wildman–Crippen MR) is 84.6 cm³/mol. The van der Waals surface area contributed by atoms with Gasteiger partial charge in [0.2, 0.25) is 0 Å². The van der Waals surface area contributed by atoms with Gasteiger partial charge >= 0.3 is 0 Å². The van der Waals surface area contributed by atoms with Crippen molar-refractivity contribution in [1.29, 1.82) is 0 Å². The Morgan fingerprint density at radius 1 is 0.885 bits per heavy atom. The van der Waals surface area contributed by atoms with E-state index in [0.717, 1.165) is 0 Å². The van der Waals surface area contributed by atoms with Crippen molar-refractivity contribution >= 4 is 0 Å². The van der Waals surface area contributed by atoms with Gasteiger partial charge in [-0.1, -0.05) is 0 Å². The van der Waals surface area contributed by atoms with E-state index in [4.69, 9.17) is 24.7 Å². The first-order valence-electron chi connectivity index (χ1n) is 8.61. The summed E-state index contributed by atoms with van der Waals surface area (Å²) in [7, 11) is 0. The van der Waals surface area contributed by atoms with E-state index in [-0.39, 0.29) is 6.61 Å². The Balaban J connectivity index is 2.10. The molecule has 2 saturated heterocycles. The van der Waals surface area contributed by atoms with Crippen LogP contribution in [-0.4, -0.2) is 112 Å². The van der Waals surface area contributed by atoms with E-state index in [0.29, 0.717) is 13.0 Å². The number of hydrogen-bond acceptors (Lipinski definition) is 11. The molecular formula is C15H29NO10. The molecule has 0 aromatic heterocycles. The maximum Gasteiger partial charge on any atom is 0.187 e. The van der Waals surface area contributed by atoms with Crippen LogP contribution in [0.4, 0.5) is 0 Å². The van der Waals surface area contributed by atoms with Crippen LogP contribution >= 0.6 is 0 Å². The molecule has 0 aromatic carbocycles. The minimum absolute atomic E-state index is 0.214. The molecule has 2 heterocycles. The standard InChI is InChI=1S/C15H29NO10/c1-6-8(18)11(21)13(15(24-6)23-4-2-3-16)26-14-12(22)10(20)9(19)7(5-17)25-14/h6-15,17-22H,2-5,16H2,1H3/t6?,7?,8-,9-,10-,11-,12?,13?,14+,15+/m0/s1. The molecule has 0 spiro atoms. The molecule has 0 aliphatic carbocycles. The molecular weight excluding hydrogens is 354 g/mol. The van der Waals surface area contributed by atoms with Gasteiger partial charge in [0.1, 0.15) is 42.7 Å². The zero-order valence-electron chi connectivity index (χ0n) is 14.5. The van der Waals surface area contributed by atoms with Crippen molar-refractivity contribution < 1.29 is 49.6 Å². The molecule has 8 N–H and O–H groups in total. The van der Waals surface area contributed by atoms with Crippen LogP contribution in [0.5, 0.6) is 0 Å². The van der Waals surface area contributed by atoms with Crippen LogP contribution in [0, 0.1) is 0 Å². The van der Waals surface area contributed by atoms with Gasteiger partial charge in [-0.05, 0) is 19.9 Å². The number of ether oxygens (including phenoxy) is 4. The molecule has 0 bridgehead atoms. The number of aliphatic hydroxyl groups excluding tert-OH is 6. The highest BCUT2D eigenvalue weighted by molar-refractivity contribution is 4.92. The van der Waals surface area contributed by atoms with E-state index >= 15 is 0 Å². The molecule has 4 unspecified atom stereocenters.